The summed E-state index contributed by atoms with van der Waals surface area (Å²) in [6.07, 6.45) is -7.98. The number of phenolic OH excluding ortho intramolecular Hbond substituents is 2. The van der Waals surface area contributed by atoms with Crippen molar-refractivity contribution in [1.82, 2.24) is 0 Å². The molecule has 1 aliphatic heterocycles. The van der Waals surface area contributed by atoms with Crippen LogP contribution in [0.25, 0.3) is 0 Å². The smallest absolute Gasteiger partial charge is 0.545 e. The van der Waals surface area contributed by atoms with Crippen LogP contribution in [0.3, 0.4) is 0 Å². The number of carboxylic acids is 1. The Labute approximate surface area is 157 Å². The SMILES string of the molecule is O=C([O-])c1cc(O)c(O)c(OC2O[C@H](CO)[C@@H](O)[C@H](O)[C@H]2O)c1.[Na+]. The number of carbonyl (C=O) groups excluding carboxylic acids is 1. The molecule has 10 nitrogen and oxygen atoms in total. The molecule has 0 bridgehead atoms. The zero-order valence-corrected chi connectivity index (χ0v) is 14.6. The van der Waals surface area contributed by atoms with Gasteiger partial charge in [-0.15, -0.1) is 0 Å². The van der Waals surface area contributed by atoms with Crippen molar-refractivity contribution in [2.45, 2.75) is 30.7 Å². The molecule has 11 heteroatoms. The largest absolute Gasteiger partial charge is 1.00 e. The second-order valence-corrected chi connectivity index (χ2v) is 4.94. The van der Waals surface area contributed by atoms with E-state index in [1.54, 1.807) is 0 Å². The fourth-order valence-electron chi connectivity index (χ4n) is 2.09. The number of hydrogen-bond donors (Lipinski definition) is 6. The number of ether oxygens (including phenoxy) is 2. The molecule has 1 fully saturated rings. The van der Waals surface area contributed by atoms with Gasteiger partial charge in [-0.2, -0.15) is 0 Å². The summed E-state index contributed by atoms with van der Waals surface area (Å²) in [6, 6.07) is 1.54. The van der Waals surface area contributed by atoms with Crippen LogP contribution in [0.15, 0.2) is 12.1 Å². The van der Waals surface area contributed by atoms with Gasteiger partial charge >= 0.3 is 29.6 Å². The molecule has 24 heavy (non-hydrogen) atoms. The van der Waals surface area contributed by atoms with E-state index in [0.717, 1.165) is 12.1 Å². The number of carboxylic acid groups (broad SMARTS) is 1. The van der Waals surface area contributed by atoms with E-state index >= 15 is 0 Å². The van der Waals surface area contributed by atoms with Crippen LogP contribution < -0.4 is 39.4 Å². The molecular formula is C13H15NaO10. The van der Waals surface area contributed by atoms with E-state index in [2.05, 4.69) is 0 Å². The molecule has 0 saturated carbocycles. The number of hydrogen-bond acceptors (Lipinski definition) is 10. The van der Waals surface area contributed by atoms with E-state index in [4.69, 9.17) is 14.6 Å². The second kappa shape index (κ2) is 8.32. The van der Waals surface area contributed by atoms with Crippen molar-refractivity contribution in [1.29, 1.82) is 0 Å². The Morgan fingerprint density at radius 3 is 2.33 bits per heavy atom. The Kier molecular flexibility index (Phi) is 7.25. The number of aliphatic hydroxyl groups is 4. The van der Waals surface area contributed by atoms with Gasteiger partial charge in [0.15, 0.2) is 11.5 Å². The van der Waals surface area contributed by atoms with Crippen molar-refractivity contribution < 1.29 is 79.6 Å². The summed E-state index contributed by atoms with van der Waals surface area (Å²) in [5.74, 6) is -3.86. The van der Waals surface area contributed by atoms with Crippen LogP contribution in [0.5, 0.6) is 17.2 Å². The Bertz CT molecular complexity index is 592. The van der Waals surface area contributed by atoms with Crippen LogP contribution in [-0.2, 0) is 4.74 Å². The van der Waals surface area contributed by atoms with E-state index in [9.17, 15) is 35.4 Å². The summed E-state index contributed by atoms with van der Waals surface area (Å²) in [7, 11) is 0. The fourth-order valence-corrected chi connectivity index (χ4v) is 2.09. The summed E-state index contributed by atoms with van der Waals surface area (Å²) in [5.41, 5.74) is -0.514. The second-order valence-electron chi connectivity index (χ2n) is 4.94. The van der Waals surface area contributed by atoms with E-state index in [0.29, 0.717) is 0 Å². The van der Waals surface area contributed by atoms with Gasteiger partial charge in [0.25, 0.3) is 0 Å². The van der Waals surface area contributed by atoms with Crippen LogP contribution in [0.4, 0.5) is 0 Å². The maximum atomic E-state index is 10.8. The van der Waals surface area contributed by atoms with Crippen LogP contribution >= 0.6 is 0 Å². The Hall–Kier alpha value is -1.11. The third-order valence-electron chi connectivity index (χ3n) is 3.38. The van der Waals surface area contributed by atoms with Gasteiger partial charge < -0.3 is 50.0 Å². The number of aromatic carboxylic acids is 1. The van der Waals surface area contributed by atoms with Crippen LogP contribution in [-0.4, -0.2) is 73.9 Å². The number of aromatic hydroxyl groups is 2. The van der Waals surface area contributed by atoms with Gasteiger partial charge in [0.2, 0.25) is 12.0 Å². The zero-order valence-electron chi connectivity index (χ0n) is 12.6. The molecular weight excluding hydrogens is 339 g/mol. The molecule has 1 heterocycles. The summed E-state index contributed by atoms with van der Waals surface area (Å²) in [5, 5.41) is 68.1. The first-order valence-electron chi connectivity index (χ1n) is 6.50. The Balaban J connectivity index is 0.00000288. The molecule has 6 N–H and O–H groups in total. The predicted molar refractivity (Wildman–Crippen MR) is 68.5 cm³/mol. The minimum absolute atomic E-state index is 0. The first-order chi connectivity index (χ1) is 10.8. The number of rotatable bonds is 4. The molecule has 1 aromatic rings. The predicted octanol–water partition coefficient (Wildman–Crippen LogP) is -6.36. The maximum absolute atomic E-state index is 10.8. The molecule has 1 aromatic carbocycles. The average Bonchev–Trinajstić information content (AvgIpc) is 2.51. The van der Waals surface area contributed by atoms with Crippen molar-refractivity contribution in [3.63, 3.8) is 0 Å². The molecule has 0 aromatic heterocycles. The minimum atomic E-state index is -1.76. The van der Waals surface area contributed by atoms with Gasteiger partial charge in [-0.05, 0) is 12.1 Å². The van der Waals surface area contributed by atoms with Gasteiger partial charge in [0.05, 0.1) is 12.6 Å². The van der Waals surface area contributed by atoms with Gasteiger partial charge in [0, 0.05) is 5.56 Å². The molecule has 0 aliphatic carbocycles. The van der Waals surface area contributed by atoms with Crippen molar-refractivity contribution in [3.05, 3.63) is 17.7 Å². The quantitative estimate of drug-likeness (QED) is 0.225. The molecule has 1 unspecified atom stereocenters. The van der Waals surface area contributed by atoms with Crippen LogP contribution in [0.1, 0.15) is 10.4 Å². The molecule has 0 amide bonds. The summed E-state index contributed by atoms with van der Waals surface area (Å²) >= 11 is 0. The molecule has 1 saturated heterocycles. The van der Waals surface area contributed by atoms with Crippen molar-refractivity contribution in [2.75, 3.05) is 6.61 Å². The number of phenols is 2. The van der Waals surface area contributed by atoms with E-state index in [1.165, 1.54) is 0 Å². The van der Waals surface area contributed by atoms with Gasteiger partial charge in [0.1, 0.15) is 24.4 Å². The topological polar surface area (TPSA) is 180 Å². The van der Waals surface area contributed by atoms with Crippen molar-refractivity contribution >= 4 is 5.97 Å². The standard InChI is InChI=1S/C13H16O10.Na/c14-3-7-9(17)10(18)11(19)13(23-7)22-6-2-4(12(20)21)1-5(15)8(6)16;/h1-2,7,9-11,13-19H,3H2,(H,20,21);/q;+1/p-1/t7-,9-,10+,11-,13?;/m1./s1. The van der Waals surface area contributed by atoms with Crippen LogP contribution in [0, 0.1) is 0 Å². The van der Waals surface area contributed by atoms with Gasteiger partial charge in [-0.25, -0.2) is 0 Å². The van der Waals surface area contributed by atoms with E-state index in [1.807, 2.05) is 0 Å². The third-order valence-corrected chi connectivity index (χ3v) is 3.38. The molecule has 2 rings (SSSR count). The Morgan fingerprint density at radius 1 is 1.17 bits per heavy atom. The third kappa shape index (κ3) is 4.10. The number of benzene rings is 1. The monoisotopic (exact) mass is 354 g/mol. The van der Waals surface area contributed by atoms with Crippen LogP contribution in [0.2, 0.25) is 0 Å². The summed E-state index contributed by atoms with van der Waals surface area (Å²) < 4.78 is 10.1. The molecule has 5 atom stereocenters. The normalized spacial score (nSPS) is 29.6. The van der Waals surface area contributed by atoms with Crippen molar-refractivity contribution in [2.24, 2.45) is 0 Å². The first-order valence-corrected chi connectivity index (χ1v) is 6.50. The maximum Gasteiger partial charge on any atom is 1.00 e. The first kappa shape index (κ1) is 20.9. The van der Waals surface area contributed by atoms with E-state index < -0.39 is 66.1 Å². The molecule has 128 valence electrons. The number of aliphatic hydroxyl groups excluding tert-OH is 4. The zero-order chi connectivity index (χ0) is 17.3. The molecule has 0 spiro atoms. The fraction of sp³-hybridized carbons (Fsp3) is 0.462. The molecule has 1 aliphatic rings. The summed E-state index contributed by atoms with van der Waals surface area (Å²) in [4.78, 5) is 10.8. The van der Waals surface area contributed by atoms with Gasteiger partial charge in [-0.1, -0.05) is 0 Å². The average molecular weight is 354 g/mol. The Morgan fingerprint density at radius 2 is 1.79 bits per heavy atom. The molecule has 0 radical (unpaired) electrons. The van der Waals surface area contributed by atoms with E-state index in [-0.39, 0.29) is 29.6 Å². The van der Waals surface area contributed by atoms with Gasteiger partial charge in [-0.3, -0.25) is 0 Å². The minimum Gasteiger partial charge on any atom is -0.545 e. The number of carbonyl (C=O) groups is 1. The van der Waals surface area contributed by atoms with Crippen molar-refractivity contribution in [3.8, 4) is 17.2 Å². The summed E-state index contributed by atoms with van der Waals surface area (Å²) in [6.45, 7) is -0.693.